The van der Waals surface area contributed by atoms with Crippen molar-refractivity contribution in [1.29, 1.82) is 0 Å². The molecular weight excluding hydrogens is 373 g/mol. The van der Waals surface area contributed by atoms with Crippen LogP contribution in [0.3, 0.4) is 0 Å². The molecule has 2 aliphatic rings. The zero-order valence-electron chi connectivity index (χ0n) is 16.8. The first-order valence-electron chi connectivity index (χ1n) is 10.6. The Morgan fingerprint density at radius 2 is 1.93 bits per heavy atom. The molecule has 3 rings (SSSR count). The van der Waals surface area contributed by atoms with Gasteiger partial charge in [-0.1, -0.05) is 25.3 Å². The number of aliphatic imine (C=N–C) groups is 1. The highest BCUT2D eigenvalue weighted by molar-refractivity contribution is 7.99. The van der Waals surface area contributed by atoms with Crippen LogP contribution in [0.5, 0.6) is 0 Å². The zero-order chi connectivity index (χ0) is 19.6. The van der Waals surface area contributed by atoms with Crippen LogP contribution < -0.4 is 11.1 Å². The minimum absolute atomic E-state index is 0.232. The van der Waals surface area contributed by atoms with Crippen molar-refractivity contribution in [3.63, 3.8) is 0 Å². The van der Waals surface area contributed by atoms with Crippen LogP contribution in [0.4, 0.5) is 10.1 Å². The zero-order valence-corrected chi connectivity index (χ0v) is 17.6. The molecule has 1 aromatic rings. The van der Waals surface area contributed by atoms with Crippen molar-refractivity contribution in [2.24, 2.45) is 10.7 Å². The van der Waals surface area contributed by atoms with Gasteiger partial charge in [0.05, 0.1) is 6.54 Å². The summed E-state index contributed by atoms with van der Waals surface area (Å²) in [7, 11) is 0. The van der Waals surface area contributed by atoms with E-state index in [9.17, 15) is 4.39 Å². The predicted molar refractivity (Wildman–Crippen MR) is 119 cm³/mol. The van der Waals surface area contributed by atoms with Crippen molar-refractivity contribution in [2.75, 3.05) is 56.1 Å². The van der Waals surface area contributed by atoms with Gasteiger partial charge in [0.25, 0.3) is 0 Å². The summed E-state index contributed by atoms with van der Waals surface area (Å²) in [6.45, 7) is 5.53. The summed E-state index contributed by atoms with van der Waals surface area (Å²) >= 11 is 1.82. The molecule has 156 valence electrons. The highest BCUT2D eigenvalue weighted by Gasteiger charge is 2.26. The van der Waals surface area contributed by atoms with Gasteiger partial charge in [-0.25, -0.2) is 4.39 Å². The summed E-state index contributed by atoms with van der Waals surface area (Å²) < 4.78 is 13.6. The second-order valence-electron chi connectivity index (χ2n) is 7.56. The van der Waals surface area contributed by atoms with E-state index < -0.39 is 0 Å². The van der Waals surface area contributed by atoms with Gasteiger partial charge in [-0.3, -0.25) is 9.89 Å². The van der Waals surface area contributed by atoms with Crippen molar-refractivity contribution in [3.8, 4) is 0 Å². The number of hydrogen-bond donors (Lipinski definition) is 2. The highest BCUT2D eigenvalue weighted by atomic mass is 32.2. The minimum atomic E-state index is -0.232. The van der Waals surface area contributed by atoms with E-state index >= 15 is 0 Å². The Bertz CT molecular complexity index is 613. The van der Waals surface area contributed by atoms with E-state index in [0.29, 0.717) is 6.54 Å². The predicted octanol–water partition coefficient (Wildman–Crippen LogP) is 3.24. The standard InChI is InChI=1S/C21H34FN5S/c22-18-5-4-6-19(17-18)25-21(24-10-16-28-15-9-23)27-13-11-26(12-14-27)20-7-2-1-3-8-20/h4-6,17,20H,1-3,7-16,23H2,(H,24,25). The third-order valence-electron chi connectivity index (χ3n) is 5.55. The largest absolute Gasteiger partial charge is 0.340 e. The molecule has 28 heavy (non-hydrogen) atoms. The highest BCUT2D eigenvalue weighted by Crippen LogP contribution is 2.23. The second kappa shape index (κ2) is 11.6. The third kappa shape index (κ3) is 6.64. The topological polar surface area (TPSA) is 56.9 Å². The van der Waals surface area contributed by atoms with E-state index in [1.54, 1.807) is 6.07 Å². The van der Waals surface area contributed by atoms with Crippen molar-refractivity contribution >= 4 is 23.4 Å². The molecule has 0 spiro atoms. The van der Waals surface area contributed by atoms with Crippen molar-refractivity contribution in [1.82, 2.24) is 9.80 Å². The van der Waals surface area contributed by atoms with Crippen LogP contribution in [0.25, 0.3) is 0 Å². The molecule has 0 bridgehead atoms. The van der Waals surface area contributed by atoms with Gasteiger partial charge in [0.2, 0.25) is 0 Å². The number of nitrogens with one attached hydrogen (secondary N) is 1. The molecular formula is C21H34FN5S. The molecule has 3 N–H and O–H groups in total. The molecule has 5 nitrogen and oxygen atoms in total. The van der Waals surface area contributed by atoms with Gasteiger partial charge in [0, 0.05) is 56.0 Å². The van der Waals surface area contributed by atoms with Gasteiger partial charge >= 0.3 is 0 Å². The van der Waals surface area contributed by atoms with Crippen LogP contribution in [-0.4, -0.2) is 72.6 Å². The van der Waals surface area contributed by atoms with Crippen molar-refractivity contribution in [3.05, 3.63) is 30.1 Å². The van der Waals surface area contributed by atoms with E-state index in [-0.39, 0.29) is 5.82 Å². The molecule has 1 saturated carbocycles. The molecule has 0 radical (unpaired) electrons. The number of benzene rings is 1. The van der Waals surface area contributed by atoms with E-state index in [1.165, 1.54) is 44.2 Å². The van der Waals surface area contributed by atoms with Gasteiger partial charge in [-0.15, -0.1) is 0 Å². The van der Waals surface area contributed by atoms with E-state index in [1.807, 2.05) is 17.8 Å². The number of anilines is 1. The summed E-state index contributed by atoms with van der Waals surface area (Å²) in [4.78, 5) is 9.79. The maximum atomic E-state index is 13.6. The molecule has 1 aliphatic heterocycles. The van der Waals surface area contributed by atoms with E-state index in [4.69, 9.17) is 10.7 Å². The molecule has 7 heteroatoms. The minimum Gasteiger partial charge on any atom is -0.340 e. The van der Waals surface area contributed by atoms with Crippen molar-refractivity contribution < 1.29 is 4.39 Å². The fraction of sp³-hybridized carbons (Fsp3) is 0.667. The first-order chi connectivity index (χ1) is 13.8. The monoisotopic (exact) mass is 407 g/mol. The maximum Gasteiger partial charge on any atom is 0.198 e. The quantitative estimate of drug-likeness (QED) is 0.413. The smallest absolute Gasteiger partial charge is 0.198 e. The number of piperazine rings is 1. The Kier molecular flexibility index (Phi) is 8.89. The molecule has 0 aromatic heterocycles. The average molecular weight is 408 g/mol. The Labute approximate surface area is 172 Å². The number of halogens is 1. The Hall–Kier alpha value is -1.31. The van der Waals surface area contributed by atoms with Crippen LogP contribution in [0.1, 0.15) is 32.1 Å². The van der Waals surface area contributed by atoms with E-state index in [2.05, 4.69) is 15.1 Å². The summed E-state index contributed by atoms with van der Waals surface area (Å²) in [6.07, 6.45) is 6.84. The summed E-state index contributed by atoms with van der Waals surface area (Å²) in [5, 5.41) is 3.36. The molecule has 1 heterocycles. The van der Waals surface area contributed by atoms with Crippen LogP contribution >= 0.6 is 11.8 Å². The number of rotatable bonds is 7. The van der Waals surface area contributed by atoms with Crippen LogP contribution in [0.2, 0.25) is 0 Å². The number of guanidine groups is 1. The lowest BCUT2D eigenvalue weighted by Crippen LogP contribution is -2.53. The van der Waals surface area contributed by atoms with Gasteiger partial charge in [-0.05, 0) is 31.0 Å². The summed E-state index contributed by atoms with van der Waals surface area (Å²) in [6, 6.07) is 7.37. The van der Waals surface area contributed by atoms with Gasteiger partial charge < -0.3 is 16.0 Å². The molecule has 1 saturated heterocycles. The maximum absolute atomic E-state index is 13.6. The molecule has 1 aromatic carbocycles. The number of nitrogens with two attached hydrogens (primary N) is 1. The molecule has 0 unspecified atom stereocenters. The van der Waals surface area contributed by atoms with Gasteiger partial charge in [0.1, 0.15) is 5.82 Å². The van der Waals surface area contributed by atoms with Crippen LogP contribution in [-0.2, 0) is 0 Å². The lowest BCUT2D eigenvalue weighted by Gasteiger charge is -2.41. The molecule has 2 fully saturated rings. The first-order valence-corrected chi connectivity index (χ1v) is 11.8. The van der Waals surface area contributed by atoms with Gasteiger partial charge in [-0.2, -0.15) is 11.8 Å². The Balaban J connectivity index is 1.58. The fourth-order valence-electron chi connectivity index (χ4n) is 4.06. The molecule has 0 atom stereocenters. The SMILES string of the molecule is NCCSCCN=C(Nc1cccc(F)c1)N1CCN(C2CCCCC2)CC1. The Morgan fingerprint density at radius 3 is 2.64 bits per heavy atom. The Morgan fingerprint density at radius 1 is 1.14 bits per heavy atom. The third-order valence-corrected chi connectivity index (χ3v) is 6.54. The number of hydrogen-bond acceptors (Lipinski definition) is 4. The molecule has 1 aliphatic carbocycles. The van der Waals surface area contributed by atoms with E-state index in [0.717, 1.165) is 61.9 Å². The average Bonchev–Trinajstić information content (AvgIpc) is 2.74. The number of nitrogens with zero attached hydrogens (tertiary/aromatic N) is 3. The summed E-state index contributed by atoms with van der Waals surface area (Å²) in [5.41, 5.74) is 6.31. The van der Waals surface area contributed by atoms with Crippen LogP contribution in [0.15, 0.2) is 29.3 Å². The second-order valence-corrected chi connectivity index (χ2v) is 8.78. The fourth-order valence-corrected chi connectivity index (χ4v) is 4.65. The lowest BCUT2D eigenvalue weighted by molar-refractivity contribution is 0.107. The van der Waals surface area contributed by atoms with Crippen molar-refractivity contribution in [2.45, 2.75) is 38.1 Å². The number of thioether (sulfide) groups is 1. The lowest BCUT2D eigenvalue weighted by atomic mass is 9.94. The summed E-state index contributed by atoms with van der Waals surface area (Å²) in [5.74, 6) is 2.54. The normalized spacial score (nSPS) is 19.8. The van der Waals surface area contributed by atoms with Crippen LogP contribution in [0, 0.1) is 5.82 Å². The molecule has 0 amide bonds. The van der Waals surface area contributed by atoms with Gasteiger partial charge in [0.15, 0.2) is 5.96 Å². The first kappa shape index (κ1) is 21.4.